The number of carbonyl (C=O) groups is 2. The second kappa shape index (κ2) is 7.35. The molecule has 0 aromatic heterocycles. The zero-order valence-electron chi connectivity index (χ0n) is 12.3. The molecule has 1 saturated heterocycles. The van der Waals surface area contributed by atoms with E-state index < -0.39 is 0 Å². The second-order valence-electron chi connectivity index (χ2n) is 5.01. The van der Waals surface area contributed by atoms with Crippen molar-refractivity contribution in [2.75, 3.05) is 12.0 Å². The monoisotopic (exact) mass is 454 g/mol. The van der Waals surface area contributed by atoms with Gasteiger partial charge in [0.05, 0.1) is 11.6 Å². The van der Waals surface area contributed by atoms with Crippen LogP contribution in [0.25, 0.3) is 6.08 Å². The van der Waals surface area contributed by atoms with Gasteiger partial charge in [-0.3, -0.25) is 14.5 Å². The minimum atomic E-state index is -0.382. The van der Waals surface area contributed by atoms with Crippen molar-refractivity contribution < 1.29 is 14.0 Å². The normalized spacial score (nSPS) is 16.1. The summed E-state index contributed by atoms with van der Waals surface area (Å²) in [6.07, 6.45) is 1.70. The van der Waals surface area contributed by atoms with Crippen LogP contribution >= 0.6 is 34.4 Å². The number of hydrogen-bond acceptors (Lipinski definition) is 4. The Morgan fingerprint density at radius 3 is 2.62 bits per heavy atom. The molecule has 0 atom stereocenters. The number of benzene rings is 2. The number of halogens is 2. The van der Waals surface area contributed by atoms with Crippen molar-refractivity contribution in [1.29, 1.82) is 0 Å². The summed E-state index contributed by atoms with van der Waals surface area (Å²) in [7, 11) is 0. The van der Waals surface area contributed by atoms with E-state index in [2.05, 4.69) is 27.9 Å². The van der Waals surface area contributed by atoms with Crippen molar-refractivity contribution in [1.82, 2.24) is 4.90 Å². The summed E-state index contributed by atoms with van der Waals surface area (Å²) >= 11 is 3.10. The fourth-order valence-electron chi connectivity index (χ4n) is 2.12. The standard InChI is InChI=1S/C17H12FIN2O2S/c18-12-2-1-3-14(9-12)20-10-21-16(22)15(24-17(21)23)8-11-4-6-13(19)7-5-11/h1-9,20H,10H2/b15-8+. The molecule has 0 aliphatic carbocycles. The lowest BCUT2D eigenvalue weighted by Gasteiger charge is -2.14. The van der Waals surface area contributed by atoms with Crippen molar-refractivity contribution in [3.63, 3.8) is 0 Å². The van der Waals surface area contributed by atoms with Gasteiger partial charge in [-0.25, -0.2) is 4.39 Å². The lowest BCUT2D eigenvalue weighted by atomic mass is 10.2. The van der Waals surface area contributed by atoms with Gasteiger partial charge in [0.1, 0.15) is 5.82 Å². The van der Waals surface area contributed by atoms with Gasteiger partial charge in [0.15, 0.2) is 0 Å². The van der Waals surface area contributed by atoms with E-state index in [-0.39, 0.29) is 23.6 Å². The summed E-state index contributed by atoms with van der Waals surface area (Å²) in [5.74, 6) is -0.736. The number of carbonyl (C=O) groups excluding carboxylic acids is 2. The average molecular weight is 454 g/mol. The third-order valence-electron chi connectivity index (χ3n) is 3.31. The molecule has 1 fully saturated rings. The third-order valence-corrected chi connectivity index (χ3v) is 4.93. The molecule has 0 saturated carbocycles. The maximum absolute atomic E-state index is 13.2. The number of nitrogens with one attached hydrogen (secondary N) is 1. The Balaban J connectivity index is 1.71. The highest BCUT2D eigenvalue weighted by Gasteiger charge is 2.34. The Hall–Kier alpha value is -1.87. The number of hydrogen-bond donors (Lipinski definition) is 1. The second-order valence-corrected chi connectivity index (χ2v) is 7.25. The molecule has 1 aliphatic heterocycles. The summed E-state index contributed by atoms with van der Waals surface area (Å²) in [5, 5.41) is 2.54. The van der Waals surface area contributed by atoms with Gasteiger partial charge in [0, 0.05) is 9.26 Å². The minimum absolute atomic E-state index is 0.00184. The van der Waals surface area contributed by atoms with Crippen LogP contribution in [-0.2, 0) is 4.79 Å². The maximum Gasteiger partial charge on any atom is 0.295 e. The van der Waals surface area contributed by atoms with Crippen molar-refractivity contribution in [2.45, 2.75) is 0 Å². The van der Waals surface area contributed by atoms with Gasteiger partial charge < -0.3 is 5.32 Å². The van der Waals surface area contributed by atoms with Gasteiger partial charge in [0.2, 0.25) is 0 Å². The molecule has 7 heteroatoms. The molecule has 3 rings (SSSR count). The molecule has 1 aliphatic rings. The Morgan fingerprint density at radius 2 is 1.92 bits per heavy atom. The number of amides is 2. The van der Waals surface area contributed by atoms with Gasteiger partial charge in [0.25, 0.3) is 11.1 Å². The molecule has 122 valence electrons. The Labute approximate surface area is 156 Å². The molecule has 0 unspecified atom stereocenters. The number of anilines is 1. The first-order valence-corrected chi connectivity index (χ1v) is 8.93. The van der Waals surface area contributed by atoms with Crippen molar-refractivity contribution >= 4 is 57.3 Å². The zero-order valence-corrected chi connectivity index (χ0v) is 15.3. The quantitative estimate of drug-likeness (QED) is 0.545. The maximum atomic E-state index is 13.2. The lowest BCUT2D eigenvalue weighted by molar-refractivity contribution is -0.122. The largest absolute Gasteiger partial charge is 0.367 e. The van der Waals surface area contributed by atoms with Crippen LogP contribution in [0.1, 0.15) is 5.56 Å². The molecule has 4 nitrogen and oxygen atoms in total. The fourth-order valence-corrected chi connectivity index (χ4v) is 3.31. The highest BCUT2D eigenvalue weighted by molar-refractivity contribution is 14.1. The Morgan fingerprint density at radius 1 is 1.17 bits per heavy atom. The zero-order chi connectivity index (χ0) is 17.1. The van der Waals surface area contributed by atoms with E-state index in [9.17, 15) is 14.0 Å². The first-order valence-electron chi connectivity index (χ1n) is 7.03. The van der Waals surface area contributed by atoms with Crippen LogP contribution in [0, 0.1) is 9.39 Å². The van der Waals surface area contributed by atoms with Gasteiger partial charge in [-0.15, -0.1) is 0 Å². The molecule has 0 bridgehead atoms. The van der Waals surface area contributed by atoms with Crippen LogP contribution < -0.4 is 5.32 Å². The van der Waals surface area contributed by atoms with Gasteiger partial charge in [-0.2, -0.15) is 0 Å². The van der Waals surface area contributed by atoms with Gasteiger partial charge in [-0.05, 0) is 76.3 Å². The van der Waals surface area contributed by atoms with Crippen LogP contribution in [0.4, 0.5) is 14.9 Å². The Bertz CT molecular complexity index is 824. The van der Waals surface area contributed by atoms with E-state index in [0.29, 0.717) is 10.6 Å². The number of imide groups is 1. The molecule has 1 heterocycles. The van der Waals surface area contributed by atoms with E-state index >= 15 is 0 Å². The summed E-state index contributed by atoms with van der Waals surface area (Å²) in [5.41, 5.74) is 1.37. The number of thioether (sulfide) groups is 1. The van der Waals surface area contributed by atoms with E-state index in [1.54, 1.807) is 18.2 Å². The van der Waals surface area contributed by atoms with Crippen LogP contribution in [0.2, 0.25) is 0 Å². The number of rotatable bonds is 4. The first kappa shape index (κ1) is 17.0. The average Bonchev–Trinajstić information content (AvgIpc) is 2.82. The molecule has 24 heavy (non-hydrogen) atoms. The van der Waals surface area contributed by atoms with Crippen molar-refractivity contribution in [3.8, 4) is 0 Å². The SMILES string of the molecule is O=C1S/C(=C/c2ccc(I)cc2)C(=O)N1CNc1cccc(F)c1. The molecule has 2 amide bonds. The fraction of sp³-hybridized carbons (Fsp3) is 0.0588. The van der Waals surface area contributed by atoms with Crippen molar-refractivity contribution in [2.24, 2.45) is 0 Å². The van der Waals surface area contributed by atoms with Crippen molar-refractivity contribution in [3.05, 3.63) is 68.4 Å². The predicted molar refractivity (Wildman–Crippen MR) is 102 cm³/mol. The highest BCUT2D eigenvalue weighted by Crippen LogP contribution is 2.32. The van der Waals surface area contributed by atoms with Crippen LogP contribution in [0.15, 0.2) is 53.4 Å². The first-order chi connectivity index (χ1) is 11.5. The smallest absolute Gasteiger partial charge is 0.295 e. The van der Waals surface area contributed by atoms with E-state index in [1.807, 2.05) is 24.3 Å². The predicted octanol–water partition coefficient (Wildman–Crippen LogP) is 4.54. The molecular weight excluding hydrogens is 442 g/mol. The highest BCUT2D eigenvalue weighted by atomic mass is 127. The Kier molecular flexibility index (Phi) is 5.20. The summed E-state index contributed by atoms with van der Waals surface area (Å²) in [4.78, 5) is 25.9. The topological polar surface area (TPSA) is 49.4 Å². The van der Waals surface area contributed by atoms with Crippen LogP contribution in [-0.4, -0.2) is 22.7 Å². The molecular formula is C17H12FIN2O2S. The summed E-state index contributed by atoms with van der Waals surface area (Å²) < 4.78 is 14.2. The molecule has 1 N–H and O–H groups in total. The van der Waals surface area contributed by atoms with Crippen LogP contribution in [0.5, 0.6) is 0 Å². The van der Waals surface area contributed by atoms with Gasteiger partial charge >= 0.3 is 0 Å². The molecule has 2 aromatic rings. The minimum Gasteiger partial charge on any atom is -0.367 e. The van der Waals surface area contributed by atoms with E-state index in [0.717, 1.165) is 25.8 Å². The molecule has 0 radical (unpaired) electrons. The summed E-state index contributed by atoms with van der Waals surface area (Å²) in [6, 6.07) is 13.5. The van der Waals surface area contributed by atoms with E-state index in [4.69, 9.17) is 0 Å². The lowest BCUT2D eigenvalue weighted by Crippen LogP contribution is -2.33. The molecule has 2 aromatic carbocycles. The van der Waals surface area contributed by atoms with Gasteiger partial charge in [-0.1, -0.05) is 18.2 Å². The summed E-state index contributed by atoms with van der Waals surface area (Å²) in [6.45, 7) is -0.00184. The van der Waals surface area contributed by atoms with Crippen LogP contribution in [0.3, 0.4) is 0 Å². The number of nitrogens with zero attached hydrogens (tertiary/aromatic N) is 1. The molecule has 0 spiro atoms. The third kappa shape index (κ3) is 3.96. The van der Waals surface area contributed by atoms with E-state index in [1.165, 1.54) is 12.1 Å².